The van der Waals surface area contributed by atoms with Gasteiger partial charge < -0.3 is 19.8 Å². The molecule has 3 N–H and O–H groups in total. The number of carbonyl (C=O) groups is 1. The number of nitrogen functional groups attached to an aromatic ring is 1. The Balaban J connectivity index is 1.31. The minimum Gasteiger partial charge on any atom is -0.449 e. The monoisotopic (exact) mass is 483 g/mol. The van der Waals surface area contributed by atoms with Gasteiger partial charge in [0.2, 0.25) is 5.88 Å². The number of aromatic nitrogens is 3. The highest BCUT2D eigenvalue weighted by atomic mass is 16.5. The van der Waals surface area contributed by atoms with Crippen LogP contribution in [-0.4, -0.2) is 27.2 Å². The van der Waals surface area contributed by atoms with Gasteiger partial charge in [-0.3, -0.25) is 10.3 Å². The molecule has 0 spiro atoms. The van der Waals surface area contributed by atoms with Crippen molar-refractivity contribution < 1.29 is 14.3 Å². The maximum Gasteiger partial charge on any atom is 0.411 e. The van der Waals surface area contributed by atoms with Gasteiger partial charge in [0.05, 0.1) is 29.2 Å². The Bertz CT molecular complexity index is 1420. The number of ether oxygens (including phenoxy) is 2. The summed E-state index contributed by atoms with van der Waals surface area (Å²) in [7, 11) is 0. The molecule has 0 bridgehead atoms. The summed E-state index contributed by atoms with van der Waals surface area (Å²) in [6, 6.07) is 14.2. The van der Waals surface area contributed by atoms with E-state index in [2.05, 4.69) is 25.9 Å². The molecule has 0 aliphatic heterocycles. The smallest absolute Gasteiger partial charge is 0.411 e. The standard InChI is InChI=1S/C28H29N5O3/c1-17-27(31-14-13-30-17)36-22-11-12-24-23(15-22)25(29)26(33(24)21-3-2-4-21)19-7-9-20(10-8-19)32-28(34)35-16-18-5-6-18/h7-15,18,21H,2-6,16,29H2,1H3,(H,32,34). The van der Waals surface area contributed by atoms with Crippen molar-refractivity contribution in [3.63, 3.8) is 0 Å². The van der Waals surface area contributed by atoms with Crippen molar-refractivity contribution in [3.8, 4) is 22.9 Å². The van der Waals surface area contributed by atoms with Crippen LogP contribution in [0.1, 0.15) is 43.8 Å². The van der Waals surface area contributed by atoms with Crippen molar-refractivity contribution in [2.75, 3.05) is 17.7 Å². The number of hydrogen-bond donors (Lipinski definition) is 2. The number of rotatable bonds is 7. The predicted octanol–water partition coefficient (Wildman–Crippen LogP) is 6.46. The number of nitrogens with zero attached hydrogens (tertiary/aromatic N) is 3. The zero-order chi connectivity index (χ0) is 24.6. The number of amides is 1. The molecule has 2 aromatic carbocycles. The second-order valence-electron chi connectivity index (χ2n) is 9.69. The molecule has 2 saturated carbocycles. The second-order valence-corrected chi connectivity index (χ2v) is 9.69. The number of carbonyl (C=O) groups excluding carboxylic acids is 1. The molecule has 0 unspecified atom stereocenters. The predicted molar refractivity (Wildman–Crippen MR) is 139 cm³/mol. The minimum absolute atomic E-state index is 0.406. The molecule has 1 amide bonds. The molecule has 2 aliphatic rings. The summed E-state index contributed by atoms with van der Waals surface area (Å²) in [5.41, 5.74) is 12.0. The van der Waals surface area contributed by atoms with Gasteiger partial charge in [-0.25, -0.2) is 9.78 Å². The van der Waals surface area contributed by atoms with Crippen molar-refractivity contribution in [1.82, 2.24) is 14.5 Å². The van der Waals surface area contributed by atoms with Gasteiger partial charge in [0.25, 0.3) is 0 Å². The Hall–Kier alpha value is -4.07. The summed E-state index contributed by atoms with van der Waals surface area (Å²) >= 11 is 0. The Morgan fingerprint density at radius 2 is 1.86 bits per heavy atom. The molecular formula is C28H29N5O3. The van der Waals surface area contributed by atoms with Crippen LogP contribution in [0.2, 0.25) is 0 Å². The van der Waals surface area contributed by atoms with Crippen LogP contribution in [0, 0.1) is 12.8 Å². The Labute approximate surface area is 209 Å². The van der Waals surface area contributed by atoms with Crippen molar-refractivity contribution in [1.29, 1.82) is 0 Å². The molecular weight excluding hydrogens is 454 g/mol. The largest absolute Gasteiger partial charge is 0.449 e. The average Bonchev–Trinajstić information content (AvgIpc) is 3.64. The first-order valence-electron chi connectivity index (χ1n) is 12.5. The van der Waals surface area contributed by atoms with Crippen LogP contribution in [0.4, 0.5) is 16.2 Å². The molecule has 6 rings (SSSR count). The van der Waals surface area contributed by atoms with Gasteiger partial charge in [-0.2, -0.15) is 0 Å². The van der Waals surface area contributed by atoms with Crippen molar-refractivity contribution >= 4 is 28.4 Å². The summed E-state index contributed by atoms with van der Waals surface area (Å²) in [5, 5.41) is 3.76. The van der Waals surface area contributed by atoms with Crippen LogP contribution in [0.5, 0.6) is 11.6 Å². The summed E-state index contributed by atoms with van der Waals surface area (Å²) < 4.78 is 13.7. The van der Waals surface area contributed by atoms with E-state index in [1.165, 1.54) is 6.42 Å². The highest BCUT2D eigenvalue weighted by Gasteiger charge is 2.27. The number of nitrogens with two attached hydrogens (primary N) is 1. The first-order valence-corrected chi connectivity index (χ1v) is 12.5. The molecule has 2 heterocycles. The van der Waals surface area contributed by atoms with Gasteiger partial charge >= 0.3 is 6.09 Å². The summed E-state index contributed by atoms with van der Waals surface area (Å²) in [4.78, 5) is 20.6. The molecule has 8 heteroatoms. The van der Waals surface area contributed by atoms with Crippen LogP contribution in [0.15, 0.2) is 54.9 Å². The first-order chi connectivity index (χ1) is 17.6. The van der Waals surface area contributed by atoms with E-state index in [-0.39, 0.29) is 0 Å². The number of benzene rings is 2. The fourth-order valence-electron chi connectivity index (χ4n) is 4.65. The SMILES string of the molecule is Cc1nccnc1Oc1ccc2c(c1)c(N)c(-c1ccc(NC(=O)OCC3CC3)cc1)n2C1CCC1. The van der Waals surface area contributed by atoms with E-state index >= 15 is 0 Å². The third-order valence-corrected chi connectivity index (χ3v) is 7.06. The molecule has 2 aromatic heterocycles. The topological polar surface area (TPSA) is 104 Å². The van der Waals surface area contributed by atoms with Gasteiger partial charge in [-0.15, -0.1) is 0 Å². The molecule has 0 radical (unpaired) electrons. The number of aryl methyl sites for hydroxylation is 1. The van der Waals surface area contributed by atoms with Crippen LogP contribution >= 0.6 is 0 Å². The molecule has 0 atom stereocenters. The van der Waals surface area contributed by atoms with Crippen LogP contribution in [-0.2, 0) is 4.74 Å². The quantitative estimate of drug-likeness (QED) is 0.312. The highest BCUT2D eigenvalue weighted by molar-refractivity contribution is 6.02. The molecule has 2 aliphatic carbocycles. The Morgan fingerprint density at radius 3 is 2.56 bits per heavy atom. The molecule has 0 saturated heterocycles. The van der Waals surface area contributed by atoms with E-state index in [9.17, 15) is 4.79 Å². The van der Waals surface area contributed by atoms with Crippen molar-refractivity contribution in [3.05, 3.63) is 60.6 Å². The van der Waals surface area contributed by atoms with Gasteiger partial charge in [-0.1, -0.05) is 12.1 Å². The number of nitrogens with one attached hydrogen (secondary N) is 1. The van der Waals surface area contributed by atoms with Gasteiger partial charge in [0, 0.05) is 35.1 Å². The third-order valence-electron chi connectivity index (χ3n) is 7.06. The minimum atomic E-state index is -0.413. The number of hydrogen-bond acceptors (Lipinski definition) is 6. The number of anilines is 2. The molecule has 184 valence electrons. The zero-order valence-electron chi connectivity index (χ0n) is 20.2. The van der Waals surface area contributed by atoms with Crippen LogP contribution < -0.4 is 15.8 Å². The zero-order valence-corrected chi connectivity index (χ0v) is 20.2. The van der Waals surface area contributed by atoms with Gasteiger partial charge in [0.1, 0.15) is 5.75 Å². The van der Waals surface area contributed by atoms with E-state index in [0.717, 1.165) is 53.5 Å². The lowest BCUT2D eigenvalue weighted by Gasteiger charge is -2.30. The maximum atomic E-state index is 12.1. The summed E-state index contributed by atoms with van der Waals surface area (Å²) in [6.07, 6.45) is 8.60. The van der Waals surface area contributed by atoms with E-state index in [0.29, 0.717) is 41.6 Å². The van der Waals surface area contributed by atoms with E-state index < -0.39 is 6.09 Å². The van der Waals surface area contributed by atoms with Crippen LogP contribution in [0.25, 0.3) is 22.2 Å². The van der Waals surface area contributed by atoms with E-state index in [1.807, 2.05) is 43.3 Å². The lowest BCUT2D eigenvalue weighted by Crippen LogP contribution is -2.18. The number of fused-ring (bicyclic) bond motifs is 1. The average molecular weight is 484 g/mol. The molecule has 4 aromatic rings. The molecule has 8 nitrogen and oxygen atoms in total. The van der Waals surface area contributed by atoms with Gasteiger partial charge in [-0.05, 0) is 75.3 Å². The second kappa shape index (κ2) is 9.18. The van der Waals surface area contributed by atoms with E-state index in [4.69, 9.17) is 15.2 Å². The maximum absolute atomic E-state index is 12.1. The Kier molecular flexibility index (Phi) is 5.71. The van der Waals surface area contributed by atoms with Crippen molar-refractivity contribution in [2.24, 2.45) is 5.92 Å². The van der Waals surface area contributed by atoms with E-state index in [1.54, 1.807) is 12.4 Å². The summed E-state index contributed by atoms with van der Waals surface area (Å²) in [6.45, 7) is 2.36. The van der Waals surface area contributed by atoms with Crippen LogP contribution in [0.3, 0.4) is 0 Å². The summed E-state index contributed by atoms with van der Waals surface area (Å²) in [5.74, 6) is 1.68. The van der Waals surface area contributed by atoms with Gasteiger partial charge in [0.15, 0.2) is 0 Å². The first kappa shape index (κ1) is 22.4. The fraction of sp³-hybridized carbons (Fsp3) is 0.321. The Morgan fingerprint density at radius 1 is 1.08 bits per heavy atom. The molecule has 2 fully saturated rings. The highest BCUT2D eigenvalue weighted by Crippen LogP contribution is 2.45. The lowest BCUT2D eigenvalue weighted by molar-refractivity contribution is 0.156. The third kappa shape index (κ3) is 4.34. The lowest BCUT2D eigenvalue weighted by atomic mass is 9.92. The van der Waals surface area contributed by atoms with Crippen molar-refractivity contribution in [2.45, 2.75) is 45.1 Å². The normalized spacial score (nSPS) is 15.5. The fourth-order valence-corrected chi connectivity index (χ4v) is 4.65. The molecule has 36 heavy (non-hydrogen) atoms.